The second kappa shape index (κ2) is 5.72. The molecule has 3 N–H and O–H groups in total. The van der Waals surface area contributed by atoms with E-state index in [1.165, 1.54) is 6.07 Å². The van der Waals surface area contributed by atoms with Gasteiger partial charge in [0.2, 0.25) is 0 Å². The highest BCUT2D eigenvalue weighted by Crippen LogP contribution is 2.09. The molecule has 1 aromatic rings. The molecule has 1 unspecified atom stereocenters. The topological polar surface area (TPSA) is 55.1 Å². The van der Waals surface area contributed by atoms with Gasteiger partial charge in [0.15, 0.2) is 0 Å². The van der Waals surface area contributed by atoms with Crippen molar-refractivity contribution in [2.45, 2.75) is 13.8 Å². The summed E-state index contributed by atoms with van der Waals surface area (Å²) in [6.45, 7) is 3.81. The zero-order chi connectivity index (χ0) is 13.0. The third-order valence-electron chi connectivity index (χ3n) is 2.49. The molecule has 0 fully saturated rings. The quantitative estimate of drug-likeness (QED) is 0.805. The predicted molar refractivity (Wildman–Crippen MR) is 69.4 cm³/mol. The van der Waals surface area contributed by atoms with Crippen LogP contribution in [0.25, 0.3) is 0 Å². The number of rotatable bonds is 4. The van der Waals surface area contributed by atoms with Crippen LogP contribution < -0.4 is 11.1 Å². The van der Waals surface area contributed by atoms with Crippen LogP contribution in [0, 0.1) is 18.7 Å². The van der Waals surface area contributed by atoms with E-state index in [4.69, 9.17) is 18.0 Å². The number of carbonyl (C=O) groups is 1. The number of amides is 1. The van der Waals surface area contributed by atoms with Crippen LogP contribution in [0.5, 0.6) is 0 Å². The molecule has 5 heteroatoms. The van der Waals surface area contributed by atoms with E-state index in [1.807, 2.05) is 6.92 Å². The molecule has 1 aromatic carbocycles. The molecule has 0 saturated carbocycles. The number of thiocarbonyl (C=S) groups is 1. The maximum Gasteiger partial charge on any atom is 0.251 e. The fourth-order valence-electron chi connectivity index (χ4n) is 1.18. The van der Waals surface area contributed by atoms with Gasteiger partial charge in [0, 0.05) is 18.0 Å². The van der Waals surface area contributed by atoms with Crippen molar-refractivity contribution in [1.82, 2.24) is 5.32 Å². The van der Waals surface area contributed by atoms with Crippen molar-refractivity contribution in [2.75, 3.05) is 6.54 Å². The molecule has 0 aliphatic heterocycles. The number of carbonyl (C=O) groups excluding carboxylic acids is 1. The largest absolute Gasteiger partial charge is 0.393 e. The van der Waals surface area contributed by atoms with Gasteiger partial charge >= 0.3 is 0 Å². The van der Waals surface area contributed by atoms with Gasteiger partial charge in [-0.05, 0) is 24.6 Å². The molecule has 0 aromatic heterocycles. The number of aryl methyl sites for hydroxylation is 1. The fourth-order valence-corrected chi connectivity index (χ4v) is 1.27. The summed E-state index contributed by atoms with van der Waals surface area (Å²) in [6, 6.07) is 4.37. The summed E-state index contributed by atoms with van der Waals surface area (Å²) >= 11 is 4.79. The van der Waals surface area contributed by atoms with Gasteiger partial charge in [0.05, 0.1) is 4.99 Å². The van der Waals surface area contributed by atoms with E-state index < -0.39 is 0 Å². The first-order valence-electron chi connectivity index (χ1n) is 5.25. The van der Waals surface area contributed by atoms with Crippen LogP contribution in [0.2, 0.25) is 0 Å². The first-order valence-corrected chi connectivity index (χ1v) is 5.66. The second-order valence-electron chi connectivity index (χ2n) is 3.98. The summed E-state index contributed by atoms with van der Waals surface area (Å²) in [5, 5.41) is 2.65. The molecule has 0 radical (unpaired) electrons. The minimum absolute atomic E-state index is 0.0794. The van der Waals surface area contributed by atoms with E-state index in [-0.39, 0.29) is 17.6 Å². The highest BCUT2D eigenvalue weighted by Gasteiger charge is 2.10. The van der Waals surface area contributed by atoms with Crippen molar-refractivity contribution in [3.05, 3.63) is 35.1 Å². The molecule has 1 rings (SSSR count). The normalized spacial score (nSPS) is 11.9. The number of halogens is 1. The number of nitrogens with two attached hydrogens (primary N) is 1. The fraction of sp³-hybridized carbons (Fsp3) is 0.333. The molecular formula is C12H15FN2OS. The van der Waals surface area contributed by atoms with Crippen LogP contribution in [0.4, 0.5) is 4.39 Å². The lowest BCUT2D eigenvalue weighted by Gasteiger charge is -2.11. The van der Waals surface area contributed by atoms with Crippen LogP contribution in [0.15, 0.2) is 18.2 Å². The van der Waals surface area contributed by atoms with Gasteiger partial charge in [-0.2, -0.15) is 0 Å². The summed E-state index contributed by atoms with van der Waals surface area (Å²) in [4.78, 5) is 12.0. The van der Waals surface area contributed by atoms with E-state index in [0.717, 1.165) is 0 Å². The van der Waals surface area contributed by atoms with Crippen molar-refractivity contribution in [2.24, 2.45) is 11.7 Å². The molecule has 1 atom stereocenters. The van der Waals surface area contributed by atoms with E-state index in [0.29, 0.717) is 22.7 Å². The van der Waals surface area contributed by atoms with Gasteiger partial charge in [0.1, 0.15) is 5.82 Å². The minimum atomic E-state index is -0.389. The molecule has 0 spiro atoms. The van der Waals surface area contributed by atoms with Gasteiger partial charge in [-0.3, -0.25) is 4.79 Å². The Morgan fingerprint density at radius 1 is 1.59 bits per heavy atom. The van der Waals surface area contributed by atoms with Crippen LogP contribution in [0.1, 0.15) is 22.8 Å². The van der Waals surface area contributed by atoms with Gasteiger partial charge in [0.25, 0.3) is 5.91 Å². The Balaban J connectivity index is 2.64. The van der Waals surface area contributed by atoms with Crippen LogP contribution >= 0.6 is 12.2 Å². The SMILES string of the molecule is Cc1ccc(C(=O)NCC(C)C(N)=S)cc1F. The molecular weight excluding hydrogens is 239 g/mol. The summed E-state index contributed by atoms with van der Waals surface area (Å²) in [5.74, 6) is -0.795. The maximum absolute atomic E-state index is 13.2. The van der Waals surface area contributed by atoms with Gasteiger partial charge in [-0.25, -0.2) is 4.39 Å². The Kier molecular flexibility index (Phi) is 4.57. The molecule has 1 amide bonds. The highest BCUT2D eigenvalue weighted by molar-refractivity contribution is 7.80. The molecule has 17 heavy (non-hydrogen) atoms. The summed E-state index contributed by atoms with van der Waals surface area (Å²) in [6.07, 6.45) is 0. The second-order valence-corrected chi connectivity index (χ2v) is 4.45. The van der Waals surface area contributed by atoms with E-state index in [1.54, 1.807) is 19.1 Å². The van der Waals surface area contributed by atoms with Crippen molar-refractivity contribution in [3.8, 4) is 0 Å². The Bertz CT molecular complexity index is 448. The Hall–Kier alpha value is -1.49. The Morgan fingerprint density at radius 3 is 2.76 bits per heavy atom. The monoisotopic (exact) mass is 254 g/mol. The number of hydrogen-bond donors (Lipinski definition) is 2. The first kappa shape index (κ1) is 13.6. The van der Waals surface area contributed by atoms with Crippen molar-refractivity contribution in [1.29, 1.82) is 0 Å². The summed E-state index contributed by atoms with van der Waals surface area (Å²) < 4.78 is 13.2. The molecule has 0 bridgehead atoms. The average molecular weight is 254 g/mol. The van der Waals surface area contributed by atoms with E-state index in [9.17, 15) is 9.18 Å². The van der Waals surface area contributed by atoms with Crippen molar-refractivity contribution in [3.63, 3.8) is 0 Å². The summed E-state index contributed by atoms with van der Waals surface area (Å²) in [7, 11) is 0. The Labute approximate surface area is 105 Å². The lowest BCUT2D eigenvalue weighted by molar-refractivity contribution is 0.0951. The zero-order valence-electron chi connectivity index (χ0n) is 9.79. The highest BCUT2D eigenvalue weighted by atomic mass is 32.1. The van der Waals surface area contributed by atoms with Crippen LogP contribution in [-0.2, 0) is 0 Å². The van der Waals surface area contributed by atoms with Crippen molar-refractivity contribution < 1.29 is 9.18 Å². The van der Waals surface area contributed by atoms with Crippen LogP contribution in [0.3, 0.4) is 0 Å². The van der Waals surface area contributed by atoms with Gasteiger partial charge in [-0.15, -0.1) is 0 Å². The van der Waals surface area contributed by atoms with Gasteiger partial charge < -0.3 is 11.1 Å². The molecule has 3 nitrogen and oxygen atoms in total. The smallest absolute Gasteiger partial charge is 0.251 e. The van der Waals surface area contributed by atoms with Crippen molar-refractivity contribution >= 4 is 23.1 Å². The Morgan fingerprint density at radius 2 is 2.24 bits per heavy atom. The number of hydrogen-bond acceptors (Lipinski definition) is 2. The molecule has 92 valence electrons. The third kappa shape index (κ3) is 3.78. The standard InChI is InChI=1S/C12H15FN2OS/c1-7-3-4-9(5-10(7)13)12(16)15-6-8(2)11(14)17/h3-5,8H,6H2,1-2H3,(H2,14,17)(H,15,16). The average Bonchev–Trinajstić information content (AvgIpc) is 2.28. The first-order chi connectivity index (χ1) is 7.91. The lowest BCUT2D eigenvalue weighted by atomic mass is 10.1. The number of benzene rings is 1. The number of nitrogens with one attached hydrogen (secondary N) is 1. The van der Waals surface area contributed by atoms with Gasteiger partial charge in [-0.1, -0.05) is 25.2 Å². The zero-order valence-corrected chi connectivity index (χ0v) is 10.6. The maximum atomic E-state index is 13.2. The predicted octanol–water partition coefficient (Wildman–Crippen LogP) is 1.79. The molecule has 0 heterocycles. The molecule has 0 aliphatic rings. The van der Waals surface area contributed by atoms with E-state index >= 15 is 0 Å². The molecule has 0 saturated heterocycles. The lowest BCUT2D eigenvalue weighted by Crippen LogP contribution is -2.33. The summed E-state index contributed by atoms with van der Waals surface area (Å²) in [5.41, 5.74) is 6.23. The molecule has 0 aliphatic carbocycles. The van der Waals surface area contributed by atoms with Crippen LogP contribution in [-0.4, -0.2) is 17.4 Å². The third-order valence-corrected chi connectivity index (χ3v) is 2.89. The minimum Gasteiger partial charge on any atom is -0.393 e. The van der Waals surface area contributed by atoms with E-state index in [2.05, 4.69) is 5.32 Å².